The van der Waals surface area contributed by atoms with Crippen LogP contribution in [0.1, 0.15) is 28.8 Å². The summed E-state index contributed by atoms with van der Waals surface area (Å²) in [6.07, 6.45) is 2.18. The standard InChI is InChI=1S/C21H22N2O4/c24-14-17-8-4-9-18(12-17)27-15-20(25)22-19-10-5-11-23(21(19)26)13-16-6-2-1-3-7-16/h1-4,6-9,12,14,19H,5,10-11,13,15H2,(H,22,25). The van der Waals surface area contributed by atoms with Crippen LogP contribution in [0.15, 0.2) is 54.6 Å². The Hall–Kier alpha value is -3.15. The smallest absolute Gasteiger partial charge is 0.258 e. The maximum absolute atomic E-state index is 12.7. The summed E-state index contributed by atoms with van der Waals surface area (Å²) in [4.78, 5) is 37.4. The van der Waals surface area contributed by atoms with Gasteiger partial charge in [0.2, 0.25) is 5.91 Å². The molecule has 1 saturated heterocycles. The van der Waals surface area contributed by atoms with Crippen LogP contribution in [-0.2, 0) is 16.1 Å². The molecule has 1 unspecified atom stereocenters. The highest BCUT2D eigenvalue weighted by atomic mass is 16.5. The molecule has 0 aromatic heterocycles. The van der Waals surface area contributed by atoms with Crippen molar-refractivity contribution in [2.45, 2.75) is 25.4 Å². The van der Waals surface area contributed by atoms with E-state index in [1.54, 1.807) is 29.2 Å². The van der Waals surface area contributed by atoms with Gasteiger partial charge in [-0.2, -0.15) is 0 Å². The lowest BCUT2D eigenvalue weighted by molar-refractivity contribution is -0.139. The maximum Gasteiger partial charge on any atom is 0.258 e. The van der Waals surface area contributed by atoms with Gasteiger partial charge in [0, 0.05) is 18.7 Å². The Labute approximate surface area is 158 Å². The molecule has 2 amide bonds. The average Bonchev–Trinajstić information content (AvgIpc) is 2.70. The maximum atomic E-state index is 12.7. The van der Waals surface area contributed by atoms with Gasteiger partial charge in [-0.05, 0) is 30.5 Å². The summed E-state index contributed by atoms with van der Waals surface area (Å²) in [5.74, 6) is 0.0169. The van der Waals surface area contributed by atoms with Crippen LogP contribution in [0.4, 0.5) is 0 Å². The van der Waals surface area contributed by atoms with Gasteiger partial charge in [0.1, 0.15) is 18.1 Å². The van der Waals surface area contributed by atoms with Gasteiger partial charge in [-0.25, -0.2) is 0 Å². The summed E-state index contributed by atoms with van der Waals surface area (Å²) in [5.41, 5.74) is 1.54. The fraction of sp³-hybridized carbons (Fsp3) is 0.286. The number of nitrogens with one attached hydrogen (secondary N) is 1. The first-order chi connectivity index (χ1) is 13.2. The van der Waals surface area contributed by atoms with E-state index in [-0.39, 0.29) is 18.4 Å². The number of carbonyl (C=O) groups excluding carboxylic acids is 3. The molecular weight excluding hydrogens is 344 g/mol. The SMILES string of the molecule is O=Cc1cccc(OCC(=O)NC2CCCN(Cc3ccccc3)C2=O)c1. The average molecular weight is 366 g/mol. The molecule has 1 aliphatic rings. The number of rotatable bonds is 7. The first-order valence-corrected chi connectivity index (χ1v) is 8.96. The predicted octanol–water partition coefficient (Wildman–Crippen LogP) is 2.19. The number of carbonyl (C=O) groups is 3. The number of benzene rings is 2. The van der Waals surface area contributed by atoms with Crippen molar-refractivity contribution in [2.24, 2.45) is 0 Å². The lowest BCUT2D eigenvalue weighted by atomic mass is 10.0. The second-order valence-electron chi connectivity index (χ2n) is 6.49. The fourth-order valence-corrected chi connectivity index (χ4v) is 3.10. The molecule has 0 saturated carbocycles. The molecule has 0 radical (unpaired) electrons. The fourth-order valence-electron chi connectivity index (χ4n) is 3.10. The minimum Gasteiger partial charge on any atom is -0.484 e. The minimum atomic E-state index is -0.528. The molecule has 6 heteroatoms. The summed E-state index contributed by atoms with van der Waals surface area (Å²) in [6.45, 7) is 1.03. The van der Waals surface area contributed by atoms with Crippen molar-refractivity contribution in [1.29, 1.82) is 0 Å². The third-order valence-electron chi connectivity index (χ3n) is 4.45. The Kier molecular flexibility index (Phi) is 6.20. The van der Waals surface area contributed by atoms with E-state index in [0.717, 1.165) is 18.3 Å². The van der Waals surface area contributed by atoms with E-state index in [1.165, 1.54) is 0 Å². The van der Waals surface area contributed by atoms with Gasteiger partial charge >= 0.3 is 0 Å². The van der Waals surface area contributed by atoms with Crippen molar-refractivity contribution in [1.82, 2.24) is 10.2 Å². The Morgan fingerprint density at radius 1 is 1.19 bits per heavy atom. The monoisotopic (exact) mass is 366 g/mol. The van der Waals surface area contributed by atoms with Crippen molar-refractivity contribution >= 4 is 18.1 Å². The van der Waals surface area contributed by atoms with E-state index in [0.29, 0.717) is 30.8 Å². The van der Waals surface area contributed by atoms with Crippen LogP contribution in [0.3, 0.4) is 0 Å². The third kappa shape index (κ3) is 5.17. The molecule has 3 rings (SSSR count). The zero-order valence-corrected chi connectivity index (χ0v) is 15.0. The second kappa shape index (κ2) is 8.98. The summed E-state index contributed by atoms with van der Waals surface area (Å²) in [7, 11) is 0. The number of amides is 2. The summed E-state index contributed by atoms with van der Waals surface area (Å²) in [5, 5.41) is 2.76. The third-order valence-corrected chi connectivity index (χ3v) is 4.45. The van der Waals surface area contributed by atoms with Crippen LogP contribution in [0.25, 0.3) is 0 Å². The second-order valence-corrected chi connectivity index (χ2v) is 6.49. The Morgan fingerprint density at radius 2 is 2.00 bits per heavy atom. The highest BCUT2D eigenvalue weighted by Gasteiger charge is 2.29. The molecule has 1 fully saturated rings. The number of hydrogen-bond donors (Lipinski definition) is 1. The topological polar surface area (TPSA) is 75.7 Å². The lowest BCUT2D eigenvalue weighted by Crippen LogP contribution is -2.52. The molecule has 1 aliphatic heterocycles. The molecule has 2 aromatic carbocycles. The number of likely N-dealkylation sites (tertiary alicyclic amines) is 1. The van der Waals surface area contributed by atoms with Gasteiger partial charge in [0.05, 0.1) is 0 Å². The number of piperidine rings is 1. The molecule has 2 aromatic rings. The van der Waals surface area contributed by atoms with Crippen molar-refractivity contribution in [3.8, 4) is 5.75 Å². The minimum absolute atomic E-state index is 0.0681. The highest BCUT2D eigenvalue weighted by Crippen LogP contribution is 2.16. The molecule has 6 nitrogen and oxygen atoms in total. The first kappa shape index (κ1) is 18.6. The van der Waals surface area contributed by atoms with Crippen molar-refractivity contribution in [2.75, 3.05) is 13.2 Å². The molecule has 0 aliphatic carbocycles. The quantitative estimate of drug-likeness (QED) is 0.762. The van der Waals surface area contributed by atoms with Crippen LogP contribution in [0.5, 0.6) is 5.75 Å². The highest BCUT2D eigenvalue weighted by molar-refractivity contribution is 5.88. The normalized spacial score (nSPS) is 16.7. The molecule has 1 N–H and O–H groups in total. The van der Waals surface area contributed by atoms with E-state index >= 15 is 0 Å². The molecule has 140 valence electrons. The predicted molar refractivity (Wildman–Crippen MR) is 100 cm³/mol. The lowest BCUT2D eigenvalue weighted by Gasteiger charge is -2.32. The number of hydrogen-bond acceptors (Lipinski definition) is 4. The Morgan fingerprint density at radius 3 is 2.78 bits per heavy atom. The molecule has 1 heterocycles. The first-order valence-electron chi connectivity index (χ1n) is 8.96. The van der Waals surface area contributed by atoms with Crippen LogP contribution >= 0.6 is 0 Å². The van der Waals surface area contributed by atoms with Crippen molar-refractivity contribution < 1.29 is 19.1 Å². The largest absolute Gasteiger partial charge is 0.484 e. The van der Waals surface area contributed by atoms with Gasteiger partial charge in [0.25, 0.3) is 5.91 Å². The van der Waals surface area contributed by atoms with Crippen molar-refractivity contribution in [3.63, 3.8) is 0 Å². The number of aldehydes is 1. The van der Waals surface area contributed by atoms with Gasteiger partial charge in [-0.1, -0.05) is 42.5 Å². The number of ether oxygens (including phenoxy) is 1. The molecule has 0 spiro atoms. The zero-order chi connectivity index (χ0) is 19.1. The molecular formula is C21H22N2O4. The summed E-state index contributed by atoms with van der Waals surface area (Å²) < 4.78 is 5.41. The van der Waals surface area contributed by atoms with Crippen LogP contribution in [0, 0.1) is 0 Å². The zero-order valence-electron chi connectivity index (χ0n) is 15.0. The summed E-state index contributed by atoms with van der Waals surface area (Å²) in [6, 6.07) is 15.8. The van der Waals surface area contributed by atoms with Crippen molar-refractivity contribution in [3.05, 3.63) is 65.7 Å². The molecule has 1 atom stereocenters. The Bertz CT molecular complexity index is 807. The van der Waals surface area contributed by atoms with Crippen LogP contribution < -0.4 is 10.1 Å². The van der Waals surface area contributed by atoms with Crippen LogP contribution in [-0.4, -0.2) is 42.2 Å². The van der Waals surface area contributed by atoms with E-state index in [2.05, 4.69) is 5.32 Å². The molecule has 0 bridgehead atoms. The van der Waals surface area contributed by atoms with Gasteiger partial charge in [-0.3, -0.25) is 14.4 Å². The Balaban J connectivity index is 1.52. The van der Waals surface area contributed by atoms with E-state index in [9.17, 15) is 14.4 Å². The number of nitrogens with zero attached hydrogens (tertiary/aromatic N) is 1. The van der Waals surface area contributed by atoms with Gasteiger partial charge < -0.3 is 15.0 Å². The molecule has 27 heavy (non-hydrogen) atoms. The van der Waals surface area contributed by atoms with E-state index in [1.807, 2.05) is 30.3 Å². The van der Waals surface area contributed by atoms with E-state index in [4.69, 9.17) is 4.74 Å². The summed E-state index contributed by atoms with van der Waals surface area (Å²) >= 11 is 0. The van der Waals surface area contributed by atoms with Crippen LogP contribution in [0.2, 0.25) is 0 Å². The van der Waals surface area contributed by atoms with E-state index < -0.39 is 6.04 Å². The van der Waals surface area contributed by atoms with Gasteiger partial charge in [0.15, 0.2) is 6.61 Å². The van der Waals surface area contributed by atoms with Gasteiger partial charge in [-0.15, -0.1) is 0 Å².